The lowest BCUT2D eigenvalue weighted by Gasteiger charge is -2.24. The number of hydrogen-bond acceptors (Lipinski definition) is 16. The van der Waals surface area contributed by atoms with Gasteiger partial charge in [0.1, 0.15) is 36.5 Å². The number of amides is 6. The number of hydrogen-bond donors (Lipinski definition) is 4. The zero-order valence-corrected chi connectivity index (χ0v) is 49.4. The minimum absolute atomic E-state index is 0.0228. The number of carbonyl (C=O) groups excluding carboxylic acids is 8. The van der Waals surface area contributed by atoms with Gasteiger partial charge >= 0.3 is 24.1 Å². The van der Waals surface area contributed by atoms with Crippen molar-refractivity contribution in [3.8, 4) is 0 Å². The number of likely N-dealkylation sites (tertiary alicyclic amines) is 2. The van der Waals surface area contributed by atoms with Crippen molar-refractivity contribution in [1.29, 1.82) is 0 Å². The number of anilines is 2. The molecule has 4 atom stereocenters. The molecule has 0 saturated carbocycles. The minimum atomic E-state index is -1.12. The molecule has 20 nitrogen and oxygen atoms in total. The van der Waals surface area contributed by atoms with Crippen molar-refractivity contribution in [2.24, 2.45) is 0 Å². The summed E-state index contributed by atoms with van der Waals surface area (Å²) in [4.78, 5) is 111. The van der Waals surface area contributed by atoms with Gasteiger partial charge in [0.25, 0.3) is 0 Å². The highest BCUT2D eigenvalue weighted by atomic mass is 35.5. The Bertz CT molecular complexity index is 2130. The monoisotopic (exact) mass is 1180 g/mol. The lowest BCUT2D eigenvalue weighted by Crippen LogP contribution is -2.46. The summed E-state index contributed by atoms with van der Waals surface area (Å²) in [7, 11) is 0. The lowest BCUT2D eigenvalue weighted by molar-refractivity contribution is -0.149. The van der Waals surface area contributed by atoms with E-state index in [1.54, 1.807) is 41.5 Å². The van der Waals surface area contributed by atoms with Gasteiger partial charge in [-0.3, -0.25) is 29.0 Å². The van der Waals surface area contributed by atoms with Gasteiger partial charge in [-0.25, -0.2) is 19.2 Å². The zero-order chi connectivity index (χ0) is 58.1. The van der Waals surface area contributed by atoms with Crippen LogP contribution >= 0.6 is 46.4 Å². The molecule has 4 N–H and O–H groups in total. The topological polar surface area (TPSA) is 235 Å². The van der Waals surface area contributed by atoms with Crippen LogP contribution in [-0.4, -0.2) is 182 Å². The third kappa shape index (κ3) is 23.5. The number of esters is 2. The molecule has 4 rings (SSSR count). The number of halogens is 4. The molecule has 2 aromatic carbocycles. The van der Waals surface area contributed by atoms with Gasteiger partial charge in [-0.15, -0.1) is 46.4 Å². The number of alkyl halides is 4. The van der Waals surface area contributed by atoms with Gasteiger partial charge in [-0.05, 0) is 103 Å². The first kappa shape index (κ1) is 66.4. The van der Waals surface area contributed by atoms with Crippen molar-refractivity contribution in [2.45, 2.75) is 135 Å². The summed E-state index contributed by atoms with van der Waals surface area (Å²) in [6.45, 7) is 12.8. The number of benzene rings is 2. The van der Waals surface area contributed by atoms with Crippen LogP contribution in [0.5, 0.6) is 0 Å². The molecule has 0 aromatic heterocycles. The third-order valence-corrected chi connectivity index (χ3v) is 13.3. The van der Waals surface area contributed by atoms with Crippen molar-refractivity contribution in [3.05, 3.63) is 59.7 Å². The molecule has 79 heavy (non-hydrogen) atoms. The van der Waals surface area contributed by atoms with E-state index in [0.717, 1.165) is 64.4 Å². The molecule has 2 aliphatic rings. The molecule has 2 fully saturated rings. The highest BCUT2D eigenvalue weighted by Gasteiger charge is 2.40. The first-order chi connectivity index (χ1) is 37.6. The van der Waals surface area contributed by atoms with Crippen molar-refractivity contribution >= 4 is 106 Å². The van der Waals surface area contributed by atoms with E-state index < -0.39 is 71.3 Å². The number of imide groups is 2. The number of unbranched alkanes of at least 4 members (excludes halogenated alkanes) is 4. The molecule has 24 heteroatoms. The molecule has 0 radical (unpaired) electrons. The molecule has 440 valence electrons. The summed E-state index contributed by atoms with van der Waals surface area (Å²) in [6.07, 6.45) is 2.61. The SMILES string of the molecule is CC(C)(C)OC(=O)N[C@@H](Cc1ccc(N(CCCl)CCCl)cc1)C(=O)OCCN1C(=O)CC(NCCCCCCCNC2CC(=O)N(CCOC(=O)[C@H](Cc3ccc(N(CCCl)CCCl)cc3)NC(=O)OC(C)(C)C)C2=O)C1=O. The Labute approximate surface area is 484 Å². The molecule has 2 unspecified atom stereocenters. The molecule has 2 heterocycles. The molecule has 2 aliphatic heterocycles. The fourth-order valence-corrected chi connectivity index (χ4v) is 9.57. The predicted molar refractivity (Wildman–Crippen MR) is 305 cm³/mol. The molecule has 0 aliphatic carbocycles. The predicted octanol–water partition coefficient (Wildman–Crippen LogP) is 6.30. The summed E-state index contributed by atoms with van der Waals surface area (Å²) in [5, 5.41) is 11.6. The van der Waals surface area contributed by atoms with Gasteiger partial charge in [0.15, 0.2) is 0 Å². The zero-order valence-electron chi connectivity index (χ0n) is 46.4. The molecular weight excluding hydrogens is 1110 g/mol. The average molecular weight is 1190 g/mol. The lowest BCUT2D eigenvalue weighted by atomic mass is 10.1. The molecule has 0 bridgehead atoms. The van der Waals surface area contributed by atoms with Gasteiger partial charge in [0.05, 0.1) is 38.0 Å². The van der Waals surface area contributed by atoms with Crippen LogP contribution < -0.4 is 31.1 Å². The third-order valence-electron chi connectivity index (χ3n) is 12.6. The number of alkyl carbamates (subject to hydrolysis) is 2. The summed E-state index contributed by atoms with van der Waals surface area (Å²) in [5.74, 6) is -1.40. The molecule has 2 saturated heterocycles. The van der Waals surface area contributed by atoms with E-state index in [-0.39, 0.29) is 63.8 Å². The standard InChI is InChI=1S/C55H80Cl4N8O12/c1-54(2,3)78-52(74)62-44(34-38-12-16-40(17-13-38)64(26-20-56)27-21-57)50(72)76-32-30-66-46(68)36-42(48(66)70)60-24-10-8-7-9-11-25-61-43-37-47(69)67(49(43)71)31-33-77-51(73)45(63-53(75)79-55(4,5)6)35-39-14-18-41(19-15-39)65(28-22-58)29-23-59/h12-19,42-45,60-61H,7-11,20-37H2,1-6H3,(H,62,74)(H,63,75)/t42?,43?,44-,45-/m0/s1. The smallest absolute Gasteiger partial charge is 0.408 e. The van der Waals surface area contributed by atoms with Crippen molar-refractivity contribution < 1.29 is 57.3 Å². The van der Waals surface area contributed by atoms with Crippen molar-refractivity contribution in [1.82, 2.24) is 31.1 Å². The van der Waals surface area contributed by atoms with Gasteiger partial charge in [-0.1, -0.05) is 43.5 Å². The van der Waals surface area contributed by atoms with Crippen LogP contribution in [0.15, 0.2) is 48.5 Å². The maximum atomic E-state index is 13.4. The van der Waals surface area contributed by atoms with Crippen molar-refractivity contribution in [2.75, 3.05) is 98.9 Å². The largest absolute Gasteiger partial charge is 0.462 e. The minimum Gasteiger partial charge on any atom is -0.462 e. The number of carbonyl (C=O) groups is 8. The fraction of sp³-hybridized carbons (Fsp3) is 0.636. The van der Waals surface area contributed by atoms with E-state index in [1.165, 1.54) is 0 Å². The number of rotatable bonds is 34. The van der Waals surface area contributed by atoms with Gasteiger partial charge in [-0.2, -0.15) is 0 Å². The van der Waals surface area contributed by atoms with Crippen LogP contribution in [0, 0.1) is 0 Å². The number of nitrogens with zero attached hydrogens (tertiary/aromatic N) is 4. The Kier molecular flexibility index (Phi) is 28.2. The van der Waals surface area contributed by atoms with Crippen LogP contribution in [0.25, 0.3) is 0 Å². The molecule has 0 spiro atoms. The van der Waals surface area contributed by atoms with E-state index in [4.69, 9.17) is 65.4 Å². The van der Waals surface area contributed by atoms with Gasteiger partial charge < -0.3 is 50.0 Å². The average Bonchev–Trinajstić information content (AvgIpc) is 3.81. The Morgan fingerprint density at radius 1 is 0.544 bits per heavy atom. The summed E-state index contributed by atoms with van der Waals surface area (Å²) < 4.78 is 21.8. The first-order valence-corrected chi connectivity index (χ1v) is 29.1. The van der Waals surface area contributed by atoms with Crippen LogP contribution in [0.3, 0.4) is 0 Å². The second-order valence-corrected chi connectivity index (χ2v) is 22.7. The van der Waals surface area contributed by atoms with Crippen LogP contribution in [0.1, 0.15) is 97.6 Å². The Hall–Kier alpha value is -5.12. The first-order valence-electron chi connectivity index (χ1n) is 26.9. The number of nitrogens with one attached hydrogen (secondary N) is 4. The highest BCUT2D eigenvalue weighted by molar-refractivity contribution is 6.19. The Balaban J connectivity index is 1.14. The maximum Gasteiger partial charge on any atom is 0.408 e. The van der Waals surface area contributed by atoms with E-state index >= 15 is 0 Å². The number of ether oxygens (including phenoxy) is 4. The Morgan fingerprint density at radius 3 is 1.19 bits per heavy atom. The van der Waals surface area contributed by atoms with E-state index in [2.05, 4.69) is 21.3 Å². The van der Waals surface area contributed by atoms with E-state index in [0.29, 0.717) is 62.8 Å². The fourth-order valence-electron chi connectivity index (χ4n) is 8.76. The van der Waals surface area contributed by atoms with Crippen molar-refractivity contribution in [3.63, 3.8) is 0 Å². The van der Waals surface area contributed by atoms with Gasteiger partial charge in [0, 0.05) is 73.9 Å². The van der Waals surface area contributed by atoms with Gasteiger partial charge in [0.2, 0.25) is 23.6 Å². The normalized spacial score (nSPS) is 16.4. The Morgan fingerprint density at radius 2 is 0.873 bits per heavy atom. The molecular formula is C55H80Cl4N8O12. The van der Waals surface area contributed by atoms with Crippen LogP contribution in [-0.2, 0) is 60.6 Å². The second-order valence-electron chi connectivity index (χ2n) is 21.2. The maximum absolute atomic E-state index is 13.4. The van der Waals surface area contributed by atoms with E-state index in [1.807, 2.05) is 58.3 Å². The highest BCUT2D eigenvalue weighted by Crippen LogP contribution is 2.21. The van der Waals surface area contributed by atoms with Crippen LogP contribution in [0.4, 0.5) is 21.0 Å². The second kappa shape index (κ2) is 33.6. The summed E-state index contributed by atoms with van der Waals surface area (Å²) >= 11 is 23.9. The molecule has 6 amide bonds. The molecule has 2 aromatic rings. The quantitative estimate of drug-likeness (QED) is 0.0198. The van der Waals surface area contributed by atoms with E-state index in [9.17, 15) is 38.4 Å². The summed E-state index contributed by atoms with van der Waals surface area (Å²) in [6, 6.07) is 11.2. The van der Waals surface area contributed by atoms with Crippen LogP contribution in [0.2, 0.25) is 0 Å². The summed E-state index contributed by atoms with van der Waals surface area (Å²) in [5.41, 5.74) is 1.65.